The quantitative estimate of drug-likeness (QED) is 0.307. The number of benzene rings is 2. The minimum absolute atomic E-state index is 0.0325. The molecule has 0 bridgehead atoms. The summed E-state index contributed by atoms with van der Waals surface area (Å²) in [7, 11) is 0. The Hall–Kier alpha value is -4.73. The largest absolute Gasteiger partial charge is 0.435 e. The average molecular weight is 484 g/mol. The van der Waals surface area contributed by atoms with E-state index in [1.54, 1.807) is 17.0 Å². The maximum absolute atomic E-state index is 15.2. The topological polar surface area (TPSA) is 112 Å². The van der Waals surface area contributed by atoms with Gasteiger partial charge in [0.1, 0.15) is 11.9 Å². The zero-order valence-corrected chi connectivity index (χ0v) is 19.4. The van der Waals surface area contributed by atoms with Crippen LogP contribution in [0.4, 0.5) is 16.0 Å². The number of hydrogen-bond acceptors (Lipinski definition) is 6. The van der Waals surface area contributed by atoms with Crippen LogP contribution >= 0.6 is 0 Å². The molecule has 1 saturated heterocycles. The van der Waals surface area contributed by atoms with Crippen LogP contribution < -0.4 is 10.1 Å². The number of nitrogens with zero attached hydrogens (tertiary/aromatic N) is 4. The third kappa shape index (κ3) is 3.92. The van der Waals surface area contributed by atoms with Crippen molar-refractivity contribution in [3.8, 4) is 22.9 Å². The number of likely N-dealkylation sites (tertiary alicyclic amines) is 1. The first-order valence-electron chi connectivity index (χ1n) is 11.5. The third-order valence-electron chi connectivity index (χ3n) is 6.12. The number of aromatic amines is 2. The maximum atomic E-state index is 15.2. The van der Waals surface area contributed by atoms with Crippen LogP contribution in [-0.2, 0) is 0 Å². The predicted octanol–water partition coefficient (Wildman–Crippen LogP) is 5.18. The molecule has 6 rings (SSSR count). The van der Waals surface area contributed by atoms with Gasteiger partial charge < -0.3 is 19.9 Å². The molecule has 1 fully saturated rings. The number of halogens is 1. The first kappa shape index (κ1) is 21.8. The molecule has 9 nitrogen and oxygen atoms in total. The highest BCUT2D eigenvalue weighted by atomic mass is 19.1. The fraction of sp³-hybridized carbons (Fsp3) is 0.154. The van der Waals surface area contributed by atoms with E-state index in [1.807, 2.05) is 43.3 Å². The van der Waals surface area contributed by atoms with Gasteiger partial charge in [0.15, 0.2) is 23.2 Å². The minimum atomic E-state index is -0.535. The van der Waals surface area contributed by atoms with E-state index in [2.05, 4.69) is 30.5 Å². The molecule has 0 aliphatic carbocycles. The van der Waals surface area contributed by atoms with Gasteiger partial charge in [0, 0.05) is 35.8 Å². The molecule has 0 radical (unpaired) electrons. The second kappa shape index (κ2) is 8.81. The number of anilines is 2. The van der Waals surface area contributed by atoms with Gasteiger partial charge in [-0.2, -0.15) is 5.10 Å². The molecular formula is C26H22FN7O2. The number of carbonyl (C=O) groups excluding carboxylic acids is 1. The van der Waals surface area contributed by atoms with Crippen LogP contribution in [0.3, 0.4) is 0 Å². The summed E-state index contributed by atoms with van der Waals surface area (Å²) >= 11 is 0. The molecule has 0 spiro atoms. The minimum Gasteiger partial charge on any atom is -0.435 e. The Morgan fingerprint density at radius 1 is 1.11 bits per heavy atom. The average Bonchev–Trinajstić information content (AvgIpc) is 3.47. The maximum Gasteiger partial charge on any atom is 0.263 e. The lowest BCUT2D eigenvalue weighted by molar-refractivity contribution is 0.0649. The molecule has 4 heterocycles. The number of ether oxygens (including phenoxy) is 1. The molecule has 2 aromatic carbocycles. The van der Waals surface area contributed by atoms with E-state index in [9.17, 15) is 4.79 Å². The number of hydrogen-bond donors (Lipinski definition) is 3. The zero-order chi connectivity index (χ0) is 24.6. The van der Waals surface area contributed by atoms with Gasteiger partial charge >= 0.3 is 0 Å². The van der Waals surface area contributed by atoms with Crippen molar-refractivity contribution in [2.45, 2.75) is 13.3 Å². The van der Waals surface area contributed by atoms with Crippen molar-refractivity contribution in [3.05, 3.63) is 78.0 Å². The molecule has 0 atom stereocenters. The molecule has 3 N–H and O–H groups in total. The standard InChI is InChI=1S/C26H22FN7O2/c1-15-12-17-18(30-15)8-9-20(23(17)27)36-25-22(26(35)34-10-5-11-34)24(28-14-29-25)31-21-13-19(32-33-21)16-6-3-2-4-7-16/h2-4,6-9,12-14,30H,5,10-11H2,1H3,(H2,28,29,31,32,33). The fourth-order valence-electron chi connectivity index (χ4n) is 4.16. The first-order chi connectivity index (χ1) is 17.6. The van der Waals surface area contributed by atoms with Gasteiger partial charge in [-0.05, 0) is 37.1 Å². The van der Waals surface area contributed by atoms with E-state index in [4.69, 9.17) is 4.74 Å². The summed E-state index contributed by atoms with van der Waals surface area (Å²) in [5.41, 5.74) is 3.37. The van der Waals surface area contributed by atoms with Crippen molar-refractivity contribution in [1.82, 2.24) is 30.0 Å². The van der Waals surface area contributed by atoms with Crippen molar-refractivity contribution >= 4 is 28.4 Å². The van der Waals surface area contributed by atoms with E-state index < -0.39 is 5.82 Å². The highest BCUT2D eigenvalue weighted by Gasteiger charge is 2.30. The van der Waals surface area contributed by atoms with Crippen LogP contribution in [0.15, 0.2) is 60.9 Å². The Morgan fingerprint density at radius 3 is 2.72 bits per heavy atom. The van der Waals surface area contributed by atoms with Crippen molar-refractivity contribution in [1.29, 1.82) is 0 Å². The summed E-state index contributed by atoms with van der Waals surface area (Å²) in [6, 6.07) is 16.5. The monoisotopic (exact) mass is 483 g/mol. The van der Waals surface area contributed by atoms with E-state index in [0.29, 0.717) is 29.8 Å². The third-order valence-corrected chi connectivity index (χ3v) is 6.12. The molecule has 3 aromatic heterocycles. The van der Waals surface area contributed by atoms with E-state index in [-0.39, 0.29) is 28.9 Å². The molecule has 1 aliphatic heterocycles. The number of fused-ring (bicyclic) bond motifs is 1. The summed E-state index contributed by atoms with van der Waals surface area (Å²) in [4.78, 5) is 26.6. The van der Waals surface area contributed by atoms with Gasteiger partial charge in [-0.1, -0.05) is 30.3 Å². The van der Waals surface area contributed by atoms with E-state index in [0.717, 1.165) is 23.4 Å². The number of H-pyrrole nitrogens is 2. The smallest absolute Gasteiger partial charge is 0.263 e. The van der Waals surface area contributed by atoms with Crippen LogP contribution in [0.1, 0.15) is 22.5 Å². The van der Waals surface area contributed by atoms with E-state index in [1.165, 1.54) is 12.4 Å². The summed E-state index contributed by atoms with van der Waals surface area (Å²) in [5.74, 6) is -0.207. The van der Waals surface area contributed by atoms with Crippen LogP contribution in [0.25, 0.3) is 22.2 Å². The number of nitrogens with one attached hydrogen (secondary N) is 3. The molecular weight excluding hydrogens is 461 g/mol. The molecule has 1 aliphatic rings. The summed E-state index contributed by atoms with van der Waals surface area (Å²) in [6.45, 7) is 3.09. The van der Waals surface area contributed by atoms with Gasteiger partial charge in [-0.3, -0.25) is 9.89 Å². The molecule has 1 amide bonds. The summed E-state index contributed by atoms with van der Waals surface area (Å²) < 4.78 is 21.1. The van der Waals surface area contributed by atoms with Crippen molar-refractivity contribution in [2.24, 2.45) is 0 Å². The van der Waals surface area contributed by atoms with Gasteiger partial charge in [-0.25, -0.2) is 14.4 Å². The van der Waals surface area contributed by atoms with Crippen LogP contribution in [0.5, 0.6) is 11.6 Å². The molecule has 36 heavy (non-hydrogen) atoms. The lowest BCUT2D eigenvalue weighted by Crippen LogP contribution is -2.42. The summed E-state index contributed by atoms with van der Waals surface area (Å²) in [5, 5.41) is 10.8. The lowest BCUT2D eigenvalue weighted by atomic mass is 10.1. The van der Waals surface area contributed by atoms with Gasteiger partial charge in [0.05, 0.1) is 5.69 Å². The highest BCUT2D eigenvalue weighted by Crippen LogP contribution is 2.34. The lowest BCUT2D eigenvalue weighted by Gasteiger charge is -2.31. The molecule has 5 aromatic rings. The number of carbonyl (C=O) groups is 1. The Morgan fingerprint density at radius 2 is 1.94 bits per heavy atom. The Bertz CT molecular complexity index is 1570. The van der Waals surface area contributed by atoms with Crippen LogP contribution in [-0.4, -0.2) is 49.0 Å². The Kier molecular flexibility index (Phi) is 5.33. The first-order valence-corrected chi connectivity index (χ1v) is 11.5. The van der Waals surface area contributed by atoms with Crippen LogP contribution in [0, 0.1) is 12.7 Å². The molecule has 0 unspecified atom stereocenters. The zero-order valence-electron chi connectivity index (χ0n) is 19.4. The Balaban J connectivity index is 1.37. The Labute approximate surface area is 205 Å². The second-order valence-corrected chi connectivity index (χ2v) is 8.60. The fourth-order valence-corrected chi connectivity index (χ4v) is 4.16. The number of aryl methyl sites for hydroxylation is 1. The SMILES string of the molecule is Cc1cc2c(F)c(Oc3ncnc(Nc4cc(-c5ccccc5)[nH]n4)c3C(=O)N3CCC3)ccc2[nH]1. The predicted molar refractivity (Wildman–Crippen MR) is 133 cm³/mol. The molecule has 0 saturated carbocycles. The summed E-state index contributed by atoms with van der Waals surface area (Å²) in [6.07, 6.45) is 2.18. The van der Waals surface area contributed by atoms with Crippen molar-refractivity contribution in [3.63, 3.8) is 0 Å². The molecule has 180 valence electrons. The van der Waals surface area contributed by atoms with E-state index >= 15 is 4.39 Å². The number of rotatable bonds is 6. The second-order valence-electron chi connectivity index (χ2n) is 8.60. The van der Waals surface area contributed by atoms with Crippen LogP contribution in [0.2, 0.25) is 0 Å². The molecule has 10 heteroatoms. The normalized spacial score (nSPS) is 13.0. The number of aromatic nitrogens is 5. The van der Waals surface area contributed by atoms with Gasteiger partial charge in [-0.15, -0.1) is 0 Å². The van der Waals surface area contributed by atoms with Gasteiger partial charge in [0.25, 0.3) is 5.91 Å². The number of amides is 1. The highest BCUT2D eigenvalue weighted by molar-refractivity contribution is 6.02. The van der Waals surface area contributed by atoms with Gasteiger partial charge in [0.2, 0.25) is 5.88 Å². The van der Waals surface area contributed by atoms with Crippen molar-refractivity contribution < 1.29 is 13.9 Å². The van der Waals surface area contributed by atoms with Crippen molar-refractivity contribution in [2.75, 3.05) is 18.4 Å².